The molecular formula is C19H12BrCl2N3O2S. The van der Waals surface area contributed by atoms with Crippen LogP contribution in [-0.2, 0) is 16.0 Å². The van der Waals surface area contributed by atoms with Gasteiger partial charge in [-0.25, -0.2) is 0 Å². The first-order chi connectivity index (χ1) is 13.3. The zero-order valence-corrected chi connectivity index (χ0v) is 18.1. The molecule has 2 aromatic rings. The van der Waals surface area contributed by atoms with Crippen molar-refractivity contribution in [2.45, 2.75) is 11.7 Å². The van der Waals surface area contributed by atoms with Crippen LogP contribution in [0, 0.1) is 11.3 Å². The Morgan fingerprint density at radius 1 is 1.25 bits per heavy atom. The Kier molecular flexibility index (Phi) is 6.36. The maximum atomic E-state index is 13.2. The maximum absolute atomic E-state index is 13.2. The fourth-order valence-corrected chi connectivity index (χ4v) is 4.68. The number of primary amides is 1. The van der Waals surface area contributed by atoms with Crippen molar-refractivity contribution in [3.63, 3.8) is 0 Å². The summed E-state index contributed by atoms with van der Waals surface area (Å²) in [7, 11) is 0. The van der Waals surface area contributed by atoms with Gasteiger partial charge in [0.05, 0.1) is 5.25 Å². The van der Waals surface area contributed by atoms with E-state index in [0.29, 0.717) is 21.3 Å². The van der Waals surface area contributed by atoms with Crippen molar-refractivity contribution in [3.8, 4) is 6.07 Å². The highest BCUT2D eigenvalue weighted by molar-refractivity contribution is 9.10. The fourth-order valence-electron chi connectivity index (χ4n) is 2.72. The van der Waals surface area contributed by atoms with E-state index in [1.807, 2.05) is 6.07 Å². The van der Waals surface area contributed by atoms with E-state index < -0.39 is 11.2 Å². The van der Waals surface area contributed by atoms with Gasteiger partial charge in [0.25, 0.3) is 5.91 Å². The van der Waals surface area contributed by atoms with E-state index >= 15 is 0 Å². The number of carbonyl (C=O) groups is 2. The molecule has 1 aliphatic rings. The average Bonchev–Trinajstić information content (AvgIpc) is 2.95. The van der Waals surface area contributed by atoms with Gasteiger partial charge >= 0.3 is 0 Å². The molecule has 1 atom stereocenters. The van der Waals surface area contributed by atoms with E-state index in [4.69, 9.17) is 28.9 Å². The molecule has 0 bridgehead atoms. The fraction of sp³-hybridized carbons (Fsp3) is 0.105. The number of anilines is 1. The molecule has 2 amide bonds. The number of nitrogens with two attached hydrogens (primary N) is 1. The van der Waals surface area contributed by atoms with Gasteiger partial charge in [0, 0.05) is 20.2 Å². The van der Waals surface area contributed by atoms with Gasteiger partial charge < -0.3 is 5.73 Å². The summed E-state index contributed by atoms with van der Waals surface area (Å²) in [6.45, 7) is 0. The molecule has 0 unspecified atom stereocenters. The zero-order chi connectivity index (χ0) is 20.4. The van der Waals surface area contributed by atoms with Gasteiger partial charge in [-0.15, -0.1) is 0 Å². The molecule has 3 rings (SSSR count). The third-order valence-corrected chi connectivity index (χ3v) is 6.42. The molecule has 0 radical (unpaired) electrons. The number of hydrogen-bond donors (Lipinski definition) is 1. The molecule has 0 aliphatic carbocycles. The van der Waals surface area contributed by atoms with Crippen LogP contribution in [-0.4, -0.2) is 17.1 Å². The summed E-state index contributed by atoms with van der Waals surface area (Å²) < 4.78 is 0.832. The molecule has 28 heavy (non-hydrogen) atoms. The number of rotatable bonds is 4. The van der Waals surface area contributed by atoms with Gasteiger partial charge in [0.15, 0.2) is 0 Å². The third kappa shape index (κ3) is 4.20. The second kappa shape index (κ2) is 8.58. The van der Waals surface area contributed by atoms with Crippen LogP contribution < -0.4 is 10.6 Å². The molecule has 0 saturated carbocycles. The topological polar surface area (TPSA) is 87.2 Å². The van der Waals surface area contributed by atoms with Gasteiger partial charge in [-0.1, -0.05) is 50.9 Å². The molecule has 9 heteroatoms. The molecule has 2 aromatic carbocycles. The molecule has 2 N–H and O–H groups in total. The number of halogens is 3. The van der Waals surface area contributed by atoms with Gasteiger partial charge in [0.2, 0.25) is 5.91 Å². The summed E-state index contributed by atoms with van der Waals surface area (Å²) in [6.07, 6.45) is 0.289. The SMILES string of the molecule is N#C/C(C(N)=O)=C1/S[C@H](Cc2cc(Cl)ccc2Cl)C(=O)N1c1ccc(Br)cc1. The van der Waals surface area contributed by atoms with Crippen LogP contribution in [0.15, 0.2) is 57.5 Å². The predicted octanol–water partition coefficient (Wildman–Crippen LogP) is 4.67. The number of carbonyl (C=O) groups excluding carboxylic acids is 2. The molecule has 1 saturated heterocycles. The molecular weight excluding hydrogens is 485 g/mol. The summed E-state index contributed by atoms with van der Waals surface area (Å²) in [6, 6.07) is 13.8. The number of nitrogens with zero attached hydrogens (tertiary/aromatic N) is 2. The minimum absolute atomic E-state index is 0.213. The highest BCUT2D eigenvalue weighted by atomic mass is 79.9. The summed E-state index contributed by atoms with van der Waals surface area (Å²) in [5, 5.41) is 10.0. The van der Waals surface area contributed by atoms with E-state index in [9.17, 15) is 14.9 Å². The monoisotopic (exact) mass is 495 g/mol. The Hall–Kier alpha value is -1.98. The Balaban J connectivity index is 2.05. The minimum atomic E-state index is -0.888. The van der Waals surface area contributed by atoms with Gasteiger partial charge in [0.1, 0.15) is 16.7 Å². The minimum Gasteiger partial charge on any atom is -0.365 e. The van der Waals surface area contributed by atoms with Crippen LogP contribution >= 0.6 is 50.9 Å². The molecule has 1 fully saturated rings. The smallest absolute Gasteiger partial charge is 0.262 e. The second-order valence-corrected chi connectivity index (χ2v) is 8.80. The normalized spacial score (nSPS) is 18.1. The van der Waals surface area contributed by atoms with Crippen molar-refractivity contribution in [3.05, 3.63) is 73.1 Å². The summed E-state index contributed by atoms with van der Waals surface area (Å²) in [4.78, 5) is 26.3. The third-order valence-electron chi connectivity index (χ3n) is 4.02. The van der Waals surface area contributed by atoms with E-state index in [1.54, 1.807) is 42.5 Å². The predicted molar refractivity (Wildman–Crippen MR) is 115 cm³/mol. The van der Waals surface area contributed by atoms with E-state index in [-0.39, 0.29) is 22.9 Å². The first-order valence-corrected chi connectivity index (χ1v) is 10.4. The lowest BCUT2D eigenvalue weighted by Gasteiger charge is -2.18. The van der Waals surface area contributed by atoms with Crippen molar-refractivity contribution < 1.29 is 9.59 Å². The van der Waals surface area contributed by atoms with Gasteiger partial charge in [-0.3, -0.25) is 14.5 Å². The highest BCUT2D eigenvalue weighted by Gasteiger charge is 2.40. The largest absolute Gasteiger partial charge is 0.365 e. The molecule has 0 spiro atoms. The Morgan fingerprint density at radius 3 is 2.54 bits per heavy atom. The molecule has 5 nitrogen and oxygen atoms in total. The molecule has 0 aromatic heterocycles. The quantitative estimate of drug-likeness (QED) is 0.492. The first kappa shape index (κ1) is 20.7. The zero-order valence-electron chi connectivity index (χ0n) is 14.2. The van der Waals surface area contributed by atoms with Gasteiger partial charge in [-0.05, 0) is 54.4 Å². The average molecular weight is 497 g/mol. The first-order valence-electron chi connectivity index (χ1n) is 7.96. The van der Waals surface area contributed by atoms with Crippen molar-refractivity contribution in [2.75, 3.05) is 4.90 Å². The van der Waals surface area contributed by atoms with Crippen LogP contribution in [0.3, 0.4) is 0 Å². The summed E-state index contributed by atoms with van der Waals surface area (Å²) in [5.74, 6) is -1.16. The summed E-state index contributed by atoms with van der Waals surface area (Å²) >= 11 is 16.7. The van der Waals surface area contributed by atoms with Crippen molar-refractivity contribution in [2.24, 2.45) is 5.73 Å². The Labute approximate surface area is 184 Å². The number of amides is 2. The summed E-state index contributed by atoms with van der Waals surface area (Å²) in [5.41, 5.74) is 6.33. The Morgan fingerprint density at radius 2 is 1.93 bits per heavy atom. The van der Waals surface area contributed by atoms with Crippen LogP contribution in [0.5, 0.6) is 0 Å². The van der Waals surface area contributed by atoms with E-state index in [2.05, 4.69) is 15.9 Å². The standard InChI is InChI=1S/C19H12BrCl2N3O2S/c20-11-1-4-13(5-2-11)25-18(27)16(28-19(25)14(9-23)17(24)26)8-10-7-12(21)3-6-15(10)22/h1-7,16H,8H2,(H2,24,26)/b19-14-/t16-/m1/s1. The van der Waals surface area contributed by atoms with Crippen molar-refractivity contribution >= 4 is 68.4 Å². The Bertz CT molecular complexity index is 1030. The van der Waals surface area contributed by atoms with Crippen LogP contribution in [0.2, 0.25) is 10.0 Å². The van der Waals surface area contributed by atoms with Crippen molar-refractivity contribution in [1.82, 2.24) is 0 Å². The number of nitriles is 1. The lowest BCUT2D eigenvalue weighted by atomic mass is 10.1. The lowest BCUT2D eigenvalue weighted by molar-refractivity contribution is -0.117. The van der Waals surface area contributed by atoms with Crippen molar-refractivity contribution in [1.29, 1.82) is 5.26 Å². The van der Waals surface area contributed by atoms with Crippen LogP contribution in [0.4, 0.5) is 5.69 Å². The number of hydrogen-bond acceptors (Lipinski definition) is 4. The lowest BCUT2D eigenvalue weighted by Crippen LogP contribution is -2.31. The van der Waals surface area contributed by atoms with E-state index in [1.165, 1.54) is 4.90 Å². The van der Waals surface area contributed by atoms with Gasteiger partial charge in [-0.2, -0.15) is 5.26 Å². The number of benzene rings is 2. The molecule has 1 aliphatic heterocycles. The van der Waals surface area contributed by atoms with Crippen LogP contribution in [0.1, 0.15) is 5.56 Å². The maximum Gasteiger partial charge on any atom is 0.262 e. The highest BCUT2D eigenvalue weighted by Crippen LogP contribution is 2.42. The van der Waals surface area contributed by atoms with E-state index in [0.717, 1.165) is 16.2 Å². The van der Waals surface area contributed by atoms with Crippen LogP contribution in [0.25, 0.3) is 0 Å². The second-order valence-electron chi connectivity index (χ2n) is 5.85. The number of thioether (sulfide) groups is 1. The molecule has 142 valence electrons. The molecule has 1 heterocycles.